The largest absolute Gasteiger partial charge is 0.352 e. The monoisotopic (exact) mass is 376 g/mol. The summed E-state index contributed by atoms with van der Waals surface area (Å²) in [5.41, 5.74) is 0.523. The van der Waals surface area contributed by atoms with Gasteiger partial charge in [0.05, 0.1) is 16.6 Å². The number of carbonyl (C=O) groups is 1. The van der Waals surface area contributed by atoms with Crippen molar-refractivity contribution in [3.8, 4) is 6.07 Å². The van der Waals surface area contributed by atoms with Gasteiger partial charge in [-0.1, -0.05) is 12.8 Å². The molecule has 1 aromatic rings. The zero-order valence-electron chi connectivity index (χ0n) is 14.8. The Morgan fingerprint density at radius 2 is 1.92 bits per heavy atom. The molecule has 1 aliphatic carbocycles. The molecule has 0 radical (unpaired) electrons. The number of rotatable bonds is 5. The number of pyridine rings is 1. The first-order valence-electron chi connectivity index (χ1n) is 9.10. The molecule has 0 N–H and O–H groups in total. The van der Waals surface area contributed by atoms with E-state index in [1.54, 1.807) is 23.2 Å². The second kappa shape index (κ2) is 8.04. The third-order valence-electron chi connectivity index (χ3n) is 5.25. The molecule has 2 aliphatic rings. The van der Waals surface area contributed by atoms with Gasteiger partial charge in [-0.15, -0.1) is 0 Å². The van der Waals surface area contributed by atoms with Gasteiger partial charge in [0.1, 0.15) is 11.9 Å². The van der Waals surface area contributed by atoms with Crippen molar-refractivity contribution < 1.29 is 13.2 Å². The summed E-state index contributed by atoms with van der Waals surface area (Å²) in [5, 5.41) is 8.94. The van der Waals surface area contributed by atoms with Gasteiger partial charge < -0.3 is 9.80 Å². The van der Waals surface area contributed by atoms with E-state index in [1.807, 2.05) is 4.90 Å². The molecule has 1 saturated carbocycles. The molecule has 0 atom stereocenters. The Morgan fingerprint density at radius 1 is 1.23 bits per heavy atom. The number of piperazine rings is 1. The van der Waals surface area contributed by atoms with Gasteiger partial charge in [-0.2, -0.15) is 5.26 Å². The molecule has 1 saturated heterocycles. The molecule has 2 fully saturated rings. The lowest BCUT2D eigenvalue weighted by Crippen LogP contribution is -2.49. The van der Waals surface area contributed by atoms with Gasteiger partial charge in [0.25, 0.3) is 0 Å². The van der Waals surface area contributed by atoms with E-state index < -0.39 is 9.84 Å². The van der Waals surface area contributed by atoms with E-state index in [0.29, 0.717) is 37.6 Å². The molecule has 140 valence electrons. The molecular formula is C18H24N4O3S. The number of nitrogens with zero attached hydrogens (tertiary/aromatic N) is 4. The normalized spacial score (nSPS) is 18.7. The number of hydrogen-bond acceptors (Lipinski definition) is 6. The van der Waals surface area contributed by atoms with Gasteiger partial charge in [0.2, 0.25) is 5.91 Å². The zero-order valence-corrected chi connectivity index (χ0v) is 15.6. The van der Waals surface area contributed by atoms with E-state index in [2.05, 4.69) is 11.1 Å². The summed E-state index contributed by atoms with van der Waals surface area (Å²) in [5.74, 6) is 0.494. The fourth-order valence-corrected chi connectivity index (χ4v) is 5.55. The Bertz CT molecular complexity index is 789. The van der Waals surface area contributed by atoms with Gasteiger partial charge in [0, 0.05) is 38.8 Å². The van der Waals surface area contributed by atoms with E-state index in [4.69, 9.17) is 0 Å². The summed E-state index contributed by atoms with van der Waals surface area (Å²) in [4.78, 5) is 20.4. The summed E-state index contributed by atoms with van der Waals surface area (Å²) in [7, 11) is -3.16. The number of nitriles is 1. The van der Waals surface area contributed by atoms with Crippen LogP contribution in [0.25, 0.3) is 0 Å². The Hall–Kier alpha value is -2.14. The standard InChI is InChI=1S/C18H24N4O3S/c19-14-15-4-3-8-20-18(15)22-11-9-21(10-12-22)17(23)7-13-26(24,25)16-5-1-2-6-16/h3-4,8,16H,1-2,5-7,9-13H2. The van der Waals surface area contributed by atoms with E-state index in [0.717, 1.165) is 25.7 Å². The predicted octanol–water partition coefficient (Wildman–Crippen LogP) is 1.35. The van der Waals surface area contributed by atoms with Crippen LogP contribution in [-0.2, 0) is 14.6 Å². The molecule has 0 spiro atoms. The van der Waals surface area contributed by atoms with Crippen LogP contribution in [0.15, 0.2) is 18.3 Å². The minimum Gasteiger partial charge on any atom is -0.352 e. The minimum atomic E-state index is -3.16. The molecule has 1 aromatic heterocycles. The van der Waals surface area contributed by atoms with Gasteiger partial charge in [-0.3, -0.25) is 4.79 Å². The highest BCUT2D eigenvalue weighted by Crippen LogP contribution is 2.25. The minimum absolute atomic E-state index is 0.0461. The van der Waals surface area contributed by atoms with Crippen LogP contribution in [0.1, 0.15) is 37.7 Å². The van der Waals surface area contributed by atoms with Gasteiger partial charge in [-0.25, -0.2) is 13.4 Å². The highest BCUT2D eigenvalue weighted by molar-refractivity contribution is 7.92. The number of anilines is 1. The highest BCUT2D eigenvalue weighted by atomic mass is 32.2. The van der Waals surface area contributed by atoms with Crippen molar-refractivity contribution in [1.82, 2.24) is 9.88 Å². The van der Waals surface area contributed by atoms with Crippen molar-refractivity contribution in [3.05, 3.63) is 23.9 Å². The van der Waals surface area contributed by atoms with Crippen LogP contribution in [0.2, 0.25) is 0 Å². The van der Waals surface area contributed by atoms with E-state index >= 15 is 0 Å². The number of carbonyl (C=O) groups excluding carboxylic acids is 1. The summed E-state index contributed by atoms with van der Waals surface area (Å²) in [6, 6.07) is 5.60. The van der Waals surface area contributed by atoms with E-state index in [1.165, 1.54) is 0 Å². The first-order chi connectivity index (χ1) is 12.5. The van der Waals surface area contributed by atoms with Crippen LogP contribution in [0.3, 0.4) is 0 Å². The number of aromatic nitrogens is 1. The quantitative estimate of drug-likeness (QED) is 0.770. The van der Waals surface area contributed by atoms with Crippen LogP contribution < -0.4 is 4.90 Å². The number of amides is 1. The van der Waals surface area contributed by atoms with Gasteiger partial charge >= 0.3 is 0 Å². The molecule has 7 nitrogen and oxygen atoms in total. The highest BCUT2D eigenvalue weighted by Gasteiger charge is 2.30. The maximum Gasteiger partial charge on any atom is 0.223 e. The van der Waals surface area contributed by atoms with Crippen molar-refractivity contribution in [2.45, 2.75) is 37.4 Å². The van der Waals surface area contributed by atoms with Crippen LogP contribution in [0.4, 0.5) is 5.82 Å². The predicted molar refractivity (Wildman–Crippen MR) is 98.4 cm³/mol. The van der Waals surface area contributed by atoms with Gasteiger partial charge in [0.15, 0.2) is 9.84 Å². The summed E-state index contributed by atoms with van der Waals surface area (Å²) >= 11 is 0. The summed E-state index contributed by atoms with van der Waals surface area (Å²) in [6.07, 6.45) is 5.13. The third-order valence-corrected chi connectivity index (χ3v) is 7.51. The SMILES string of the molecule is N#Cc1cccnc1N1CCN(C(=O)CCS(=O)(=O)C2CCCC2)CC1. The molecule has 3 rings (SSSR count). The summed E-state index contributed by atoms with van der Waals surface area (Å²) in [6.45, 7) is 2.22. The van der Waals surface area contributed by atoms with Crippen molar-refractivity contribution in [1.29, 1.82) is 5.26 Å². The Kier molecular flexibility index (Phi) is 5.77. The van der Waals surface area contributed by atoms with Crippen LogP contribution >= 0.6 is 0 Å². The van der Waals surface area contributed by atoms with Crippen molar-refractivity contribution in [2.24, 2.45) is 0 Å². The lowest BCUT2D eigenvalue weighted by Gasteiger charge is -2.35. The molecule has 2 heterocycles. The average molecular weight is 376 g/mol. The van der Waals surface area contributed by atoms with Crippen LogP contribution in [0, 0.1) is 11.3 Å². The molecule has 8 heteroatoms. The van der Waals surface area contributed by atoms with Crippen LogP contribution in [-0.4, -0.2) is 61.4 Å². The van der Waals surface area contributed by atoms with Crippen molar-refractivity contribution in [3.63, 3.8) is 0 Å². The molecule has 0 bridgehead atoms. The first-order valence-corrected chi connectivity index (χ1v) is 10.8. The Balaban J connectivity index is 1.51. The van der Waals surface area contributed by atoms with E-state index in [-0.39, 0.29) is 23.3 Å². The molecular weight excluding hydrogens is 352 g/mol. The molecule has 1 amide bonds. The second-order valence-electron chi connectivity index (χ2n) is 6.88. The zero-order chi connectivity index (χ0) is 18.6. The number of sulfone groups is 1. The topological polar surface area (TPSA) is 94.4 Å². The molecule has 26 heavy (non-hydrogen) atoms. The van der Waals surface area contributed by atoms with Crippen molar-refractivity contribution >= 4 is 21.6 Å². The molecule has 0 unspecified atom stereocenters. The molecule has 1 aliphatic heterocycles. The van der Waals surface area contributed by atoms with Gasteiger partial charge in [-0.05, 0) is 25.0 Å². The fourth-order valence-electron chi connectivity index (χ4n) is 3.71. The fraction of sp³-hybridized carbons (Fsp3) is 0.611. The van der Waals surface area contributed by atoms with Crippen LogP contribution in [0.5, 0.6) is 0 Å². The Morgan fingerprint density at radius 3 is 2.58 bits per heavy atom. The first kappa shape index (κ1) is 18.6. The Labute approximate surface area is 154 Å². The smallest absolute Gasteiger partial charge is 0.223 e. The lowest BCUT2D eigenvalue weighted by atomic mass is 10.2. The average Bonchev–Trinajstić information content (AvgIpc) is 3.22. The summed E-state index contributed by atoms with van der Waals surface area (Å²) < 4.78 is 24.6. The van der Waals surface area contributed by atoms with Crippen molar-refractivity contribution in [2.75, 3.05) is 36.8 Å². The van der Waals surface area contributed by atoms with E-state index in [9.17, 15) is 18.5 Å². The maximum absolute atomic E-state index is 12.4. The second-order valence-corrected chi connectivity index (χ2v) is 9.28. The lowest BCUT2D eigenvalue weighted by molar-refractivity contribution is -0.131. The maximum atomic E-state index is 12.4. The molecule has 0 aromatic carbocycles. The number of hydrogen-bond donors (Lipinski definition) is 0. The third kappa shape index (κ3) is 4.15.